The zero-order valence-corrected chi connectivity index (χ0v) is 18.0. The van der Waals surface area contributed by atoms with Crippen LogP contribution >= 0.6 is 12.2 Å². The fourth-order valence-electron chi connectivity index (χ4n) is 4.03. The average Bonchev–Trinajstić information content (AvgIpc) is 3.39. The van der Waals surface area contributed by atoms with Crippen molar-refractivity contribution < 1.29 is 9.47 Å². The molecule has 7 heteroatoms. The van der Waals surface area contributed by atoms with E-state index in [2.05, 4.69) is 44.2 Å². The third-order valence-corrected chi connectivity index (χ3v) is 5.73. The Hall–Kier alpha value is -2.90. The summed E-state index contributed by atoms with van der Waals surface area (Å²) in [6.07, 6.45) is 4.78. The summed E-state index contributed by atoms with van der Waals surface area (Å²) in [6.45, 7) is 1.48. The molecule has 0 aliphatic carbocycles. The lowest BCUT2D eigenvalue weighted by Crippen LogP contribution is -2.32. The van der Waals surface area contributed by atoms with Crippen LogP contribution in [0.25, 0.3) is 5.69 Å². The van der Waals surface area contributed by atoms with Gasteiger partial charge in [0.2, 0.25) is 0 Å². The number of hydrogen-bond donors (Lipinski definition) is 1. The van der Waals surface area contributed by atoms with Crippen molar-refractivity contribution in [2.24, 2.45) is 0 Å². The van der Waals surface area contributed by atoms with Crippen molar-refractivity contribution in [1.29, 1.82) is 0 Å². The van der Waals surface area contributed by atoms with Crippen LogP contribution in [-0.2, 0) is 4.74 Å². The molecular formula is C23H26N4O2S. The van der Waals surface area contributed by atoms with Crippen molar-refractivity contribution in [3.8, 4) is 11.4 Å². The van der Waals surface area contributed by atoms with Gasteiger partial charge in [-0.3, -0.25) is 4.98 Å². The molecule has 2 atom stereocenters. The maximum atomic E-state index is 5.74. The molecule has 4 rings (SSSR count). The fourth-order valence-corrected chi connectivity index (χ4v) is 4.36. The molecule has 2 aromatic heterocycles. The topological polar surface area (TPSA) is 51.5 Å². The summed E-state index contributed by atoms with van der Waals surface area (Å²) in [6, 6.07) is 18.2. The van der Waals surface area contributed by atoms with E-state index in [0.717, 1.165) is 40.9 Å². The second-order valence-corrected chi connectivity index (χ2v) is 7.53. The minimum atomic E-state index is -0.0513. The van der Waals surface area contributed by atoms with E-state index in [9.17, 15) is 0 Å². The molecule has 1 aliphatic rings. The molecule has 0 unspecified atom stereocenters. The van der Waals surface area contributed by atoms with Crippen LogP contribution in [0, 0.1) is 0 Å². The Morgan fingerprint density at radius 3 is 2.67 bits per heavy atom. The number of nitrogens with zero attached hydrogens (tertiary/aromatic N) is 3. The number of rotatable bonds is 8. The molecule has 6 nitrogen and oxygen atoms in total. The first-order valence-corrected chi connectivity index (χ1v) is 10.4. The van der Waals surface area contributed by atoms with Crippen LogP contribution in [0.5, 0.6) is 5.75 Å². The zero-order chi connectivity index (χ0) is 20.9. The van der Waals surface area contributed by atoms with E-state index < -0.39 is 0 Å². The predicted octanol–water partition coefficient (Wildman–Crippen LogP) is 3.89. The number of hydrogen-bond acceptors (Lipinski definition) is 4. The molecule has 1 saturated heterocycles. The number of nitrogens with one attached hydrogen (secondary N) is 1. The first-order valence-electron chi connectivity index (χ1n) is 10.0. The number of methoxy groups -OCH3 is 2. The Bertz CT molecular complexity index is 992. The Labute approximate surface area is 182 Å². The first kappa shape index (κ1) is 20.4. The minimum absolute atomic E-state index is 0.0100. The molecule has 0 bridgehead atoms. The molecule has 0 amide bonds. The van der Waals surface area contributed by atoms with Gasteiger partial charge in [-0.25, -0.2) is 0 Å². The Balaban J connectivity index is 1.78. The summed E-state index contributed by atoms with van der Waals surface area (Å²) in [7, 11) is 3.42. The normalized spacial score (nSPS) is 18.5. The largest absolute Gasteiger partial charge is 0.495 e. The smallest absolute Gasteiger partial charge is 0.170 e. The number of para-hydroxylation sites is 2. The summed E-state index contributed by atoms with van der Waals surface area (Å²) in [5.41, 5.74) is 3.08. The van der Waals surface area contributed by atoms with Crippen molar-refractivity contribution >= 4 is 17.3 Å². The highest BCUT2D eigenvalue weighted by molar-refractivity contribution is 7.80. The van der Waals surface area contributed by atoms with E-state index in [1.54, 1.807) is 14.2 Å². The number of benzene rings is 1. The second-order valence-electron chi connectivity index (χ2n) is 7.14. The van der Waals surface area contributed by atoms with Gasteiger partial charge in [-0.2, -0.15) is 0 Å². The molecule has 3 aromatic rings. The van der Waals surface area contributed by atoms with Crippen molar-refractivity contribution in [3.63, 3.8) is 0 Å². The van der Waals surface area contributed by atoms with Crippen molar-refractivity contribution in [3.05, 3.63) is 78.4 Å². The van der Waals surface area contributed by atoms with Gasteiger partial charge in [-0.1, -0.05) is 18.2 Å². The third kappa shape index (κ3) is 3.91. The summed E-state index contributed by atoms with van der Waals surface area (Å²) in [4.78, 5) is 6.86. The van der Waals surface area contributed by atoms with Gasteiger partial charge in [0, 0.05) is 38.3 Å². The third-order valence-electron chi connectivity index (χ3n) is 5.37. The molecule has 30 heavy (non-hydrogen) atoms. The molecule has 0 radical (unpaired) electrons. The number of thiocarbonyl (C=S) groups is 1. The Morgan fingerprint density at radius 1 is 1.07 bits per heavy atom. The number of aromatic nitrogens is 2. The lowest BCUT2D eigenvalue weighted by Gasteiger charge is -2.29. The molecule has 1 N–H and O–H groups in total. The van der Waals surface area contributed by atoms with E-state index in [-0.39, 0.29) is 12.1 Å². The van der Waals surface area contributed by atoms with Crippen molar-refractivity contribution in [2.45, 2.75) is 18.5 Å². The molecular weight excluding hydrogens is 396 g/mol. The van der Waals surface area contributed by atoms with Crippen LogP contribution in [0.4, 0.5) is 0 Å². The first-order chi connectivity index (χ1) is 14.7. The number of pyridine rings is 1. The Morgan fingerprint density at radius 2 is 1.90 bits per heavy atom. The number of ether oxygens (including phenoxy) is 2. The van der Waals surface area contributed by atoms with Gasteiger partial charge in [0.1, 0.15) is 5.75 Å². The van der Waals surface area contributed by atoms with E-state index in [1.807, 2.05) is 42.6 Å². The lowest BCUT2D eigenvalue weighted by atomic mass is 10.0. The fraction of sp³-hybridized carbons (Fsp3) is 0.304. The van der Waals surface area contributed by atoms with Crippen LogP contribution < -0.4 is 10.1 Å². The molecule has 1 aliphatic heterocycles. The quantitative estimate of drug-likeness (QED) is 0.439. The van der Waals surface area contributed by atoms with Crippen LogP contribution in [0.2, 0.25) is 0 Å². The Kier molecular flexibility index (Phi) is 6.30. The standard InChI is InChI=1S/C23H26N4O2S/c1-28-16-8-15-27-22(21(25-23(27)30)17-9-5-6-13-24-17)19-11-7-14-26(19)18-10-3-4-12-20(18)29-2/h3-7,9-14,21-22H,8,15-16H2,1-2H3,(H,25,30)/t21-,22-/m1/s1. The summed E-state index contributed by atoms with van der Waals surface area (Å²) in [5, 5.41) is 4.24. The highest BCUT2D eigenvalue weighted by Gasteiger charge is 2.41. The predicted molar refractivity (Wildman–Crippen MR) is 121 cm³/mol. The summed E-state index contributed by atoms with van der Waals surface area (Å²) in [5.74, 6) is 0.823. The van der Waals surface area contributed by atoms with Gasteiger partial charge in [0.15, 0.2) is 5.11 Å². The van der Waals surface area contributed by atoms with Crippen LogP contribution in [0.15, 0.2) is 67.0 Å². The van der Waals surface area contributed by atoms with Crippen LogP contribution in [-0.4, -0.2) is 46.9 Å². The molecule has 1 fully saturated rings. The van der Waals surface area contributed by atoms with Gasteiger partial charge in [-0.05, 0) is 55.0 Å². The maximum absolute atomic E-state index is 5.74. The van der Waals surface area contributed by atoms with Gasteiger partial charge >= 0.3 is 0 Å². The molecule has 0 spiro atoms. The summed E-state index contributed by atoms with van der Waals surface area (Å²) >= 11 is 5.74. The second kappa shape index (κ2) is 9.28. The molecule has 1 aromatic carbocycles. The lowest BCUT2D eigenvalue weighted by molar-refractivity contribution is 0.180. The van der Waals surface area contributed by atoms with Crippen molar-refractivity contribution in [1.82, 2.24) is 19.8 Å². The van der Waals surface area contributed by atoms with Gasteiger partial charge in [0.25, 0.3) is 0 Å². The summed E-state index contributed by atoms with van der Waals surface area (Å²) < 4.78 is 13.1. The zero-order valence-electron chi connectivity index (χ0n) is 17.2. The monoisotopic (exact) mass is 422 g/mol. The maximum Gasteiger partial charge on any atom is 0.170 e. The van der Waals surface area contributed by atoms with E-state index in [4.69, 9.17) is 21.7 Å². The van der Waals surface area contributed by atoms with Gasteiger partial charge < -0.3 is 24.3 Å². The minimum Gasteiger partial charge on any atom is -0.495 e. The molecule has 3 heterocycles. The van der Waals surface area contributed by atoms with E-state index in [1.165, 1.54) is 0 Å². The van der Waals surface area contributed by atoms with Crippen molar-refractivity contribution in [2.75, 3.05) is 27.4 Å². The van der Waals surface area contributed by atoms with Crippen LogP contribution in [0.1, 0.15) is 29.9 Å². The SMILES string of the molecule is COCCCN1C(=S)N[C@H](c2ccccn2)[C@H]1c1cccn1-c1ccccc1OC. The highest BCUT2D eigenvalue weighted by atomic mass is 32.1. The van der Waals surface area contributed by atoms with Gasteiger partial charge in [0.05, 0.1) is 30.6 Å². The highest BCUT2D eigenvalue weighted by Crippen LogP contribution is 2.40. The van der Waals surface area contributed by atoms with Gasteiger partial charge in [-0.15, -0.1) is 0 Å². The average molecular weight is 423 g/mol. The molecule has 156 valence electrons. The molecule has 0 saturated carbocycles. The van der Waals surface area contributed by atoms with E-state index >= 15 is 0 Å². The van der Waals surface area contributed by atoms with Crippen LogP contribution in [0.3, 0.4) is 0 Å². The van der Waals surface area contributed by atoms with E-state index in [0.29, 0.717) is 6.61 Å².